The van der Waals surface area contributed by atoms with Gasteiger partial charge in [-0.3, -0.25) is 0 Å². The van der Waals surface area contributed by atoms with Gasteiger partial charge in [0.2, 0.25) is 0 Å². The van der Waals surface area contributed by atoms with Crippen molar-refractivity contribution in [3.05, 3.63) is 29.3 Å². The summed E-state index contributed by atoms with van der Waals surface area (Å²) in [4.78, 5) is 4.53. The third-order valence-electron chi connectivity index (χ3n) is 4.96. The van der Waals surface area contributed by atoms with Gasteiger partial charge in [0.1, 0.15) is 5.75 Å². The van der Waals surface area contributed by atoms with E-state index in [1.165, 1.54) is 0 Å². The monoisotopic (exact) mass is 513 g/mol. The number of hydrogen-bond donors (Lipinski definition) is 3. The summed E-state index contributed by atoms with van der Waals surface area (Å²) in [5.74, 6) is 0.762. The van der Waals surface area contributed by atoms with Crippen LogP contribution in [-0.2, 0) is 6.54 Å². The summed E-state index contributed by atoms with van der Waals surface area (Å²) in [5, 5.41) is 15.9. The van der Waals surface area contributed by atoms with Crippen molar-refractivity contribution in [2.24, 2.45) is 10.4 Å². The number of guanidine groups is 1. The first-order valence-electron chi connectivity index (χ1n) is 9.57. The molecule has 3 N–H and O–H groups in total. The number of rotatable bonds is 11. The lowest BCUT2D eigenvalue weighted by molar-refractivity contribution is -0.0504. The van der Waals surface area contributed by atoms with Gasteiger partial charge in [0, 0.05) is 25.3 Å². The van der Waals surface area contributed by atoms with Crippen LogP contribution in [0.1, 0.15) is 51.2 Å². The number of nitrogens with one attached hydrogen (secondary N) is 2. The average Bonchev–Trinajstić information content (AvgIpc) is 2.64. The highest BCUT2D eigenvalue weighted by atomic mass is 127. The molecule has 5 nitrogen and oxygen atoms in total. The molecule has 0 saturated heterocycles. The molecule has 0 unspecified atom stereocenters. The predicted molar refractivity (Wildman–Crippen MR) is 121 cm³/mol. The Morgan fingerprint density at radius 1 is 1.21 bits per heavy atom. The number of nitrogens with zero attached hydrogens (tertiary/aromatic N) is 1. The van der Waals surface area contributed by atoms with Gasteiger partial charge < -0.3 is 20.5 Å². The third-order valence-corrected chi connectivity index (χ3v) is 4.96. The molecule has 0 aromatic heterocycles. The number of hydrogen-bond acceptors (Lipinski definition) is 3. The van der Waals surface area contributed by atoms with Crippen molar-refractivity contribution in [1.29, 1.82) is 0 Å². The average molecular weight is 513 g/mol. The molecule has 0 amide bonds. The lowest BCUT2D eigenvalue weighted by Gasteiger charge is -2.32. The molecule has 1 aromatic rings. The SMILES string of the molecule is CCNC(=NCc1cc(C)ccc1OC(F)F)NCC(CC)(CC)CCO.I. The first-order valence-corrected chi connectivity index (χ1v) is 9.57. The highest BCUT2D eigenvalue weighted by molar-refractivity contribution is 14.0. The van der Waals surface area contributed by atoms with E-state index in [9.17, 15) is 13.9 Å². The fraction of sp³-hybridized carbons (Fsp3) is 0.650. The highest BCUT2D eigenvalue weighted by Gasteiger charge is 2.25. The Hall–Kier alpha value is -1.16. The highest BCUT2D eigenvalue weighted by Crippen LogP contribution is 2.29. The first-order chi connectivity index (χ1) is 12.9. The van der Waals surface area contributed by atoms with E-state index in [2.05, 4.69) is 34.2 Å². The molecule has 0 bridgehead atoms. The molecule has 162 valence electrons. The van der Waals surface area contributed by atoms with Gasteiger partial charge in [-0.1, -0.05) is 31.5 Å². The second-order valence-corrected chi connectivity index (χ2v) is 6.72. The van der Waals surface area contributed by atoms with E-state index < -0.39 is 6.61 Å². The molecule has 0 aliphatic carbocycles. The number of halogens is 3. The van der Waals surface area contributed by atoms with Crippen LogP contribution in [0.5, 0.6) is 5.75 Å². The standard InChI is InChI=1S/C20H33F2N3O2.HI/c1-5-20(6-2,10-11-26)14-25-19(23-7-3)24-13-16-12-15(4)8-9-17(16)27-18(21)22;/h8-9,12,18,26H,5-7,10-11,13-14H2,1-4H3,(H2,23,24,25);1H. The predicted octanol–water partition coefficient (Wildman–Crippen LogP) is 4.46. The van der Waals surface area contributed by atoms with Crippen molar-refractivity contribution < 1.29 is 18.6 Å². The smallest absolute Gasteiger partial charge is 0.387 e. The maximum atomic E-state index is 12.6. The fourth-order valence-electron chi connectivity index (χ4n) is 3.00. The lowest BCUT2D eigenvalue weighted by Crippen LogP contribution is -2.43. The van der Waals surface area contributed by atoms with Crippen LogP contribution in [0.4, 0.5) is 8.78 Å². The topological polar surface area (TPSA) is 65.9 Å². The molecule has 28 heavy (non-hydrogen) atoms. The number of aliphatic hydroxyl groups excluding tert-OH is 1. The van der Waals surface area contributed by atoms with Crippen LogP contribution in [0, 0.1) is 12.3 Å². The van der Waals surface area contributed by atoms with E-state index in [1.807, 2.05) is 13.8 Å². The Bertz CT molecular complexity index is 597. The zero-order chi connectivity index (χ0) is 20.3. The molecule has 0 spiro atoms. The van der Waals surface area contributed by atoms with Gasteiger partial charge >= 0.3 is 6.61 Å². The summed E-state index contributed by atoms with van der Waals surface area (Å²) in [7, 11) is 0. The minimum atomic E-state index is -2.87. The molecule has 8 heteroatoms. The zero-order valence-corrected chi connectivity index (χ0v) is 19.6. The Morgan fingerprint density at radius 3 is 2.43 bits per heavy atom. The largest absolute Gasteiger partial charge is 0.434 e. The van der Waals surface area contributed by atoms with Crippen molar-refractivity contribution >= 4 is 29.9 Å². The molecule has 0 aliphatic rings. The third kappa shape index (κ3) is 8.89. The molecular formula is C20H34F2IN3O2. The number of ether oxygens (including phenoxy) is 1. The summed E-state index contributed by atoms with van der Waals surface area (Å²) in [5.41, 5.74) is 1.57. The Morgan fingerprint density at radius 2 is 1.89 bits per heavy atom. The molecule has 0 atom stereocenters. The zero-order valence-electron chi connectivity index (χ0n) is 17.2. The summed E-state index contributed by atoms with van der Waals surface area (Å²) in [6.45, 7) is 6.97. The summed E-state index contributed by atoms with van der Waals surface area (Å²) >= 11 is 0. The maximum absolute atomic E-state index is 12.6. The molecule has 1 aromatic carbocycles. The van der Waals surface area contributed by atoms with E-state index in [-0.39, 0.29) is 48.3 Å². The summed E-state index contributed by atoms with van der Waals surface area (Å²) < 4.78 is 29.8. The number of benzene rings is 1. The van der Waals surface area contributed by atoms with Crippen LogP contribution in [0.2, 0.25) is 0 Å². The molecule has 0 saturated carbocycles. The minimum Gasteiger partial charge on any atom is -0.434 e. The molecule has 0 radical (unpaired) electrons. The second kappa shape index (κ2) is 13.9. The van der Waals surface area contributed by atoms with Crippen molar-refractivity contribution in [2.45, 2.75) is 60.1 Å². The normalized spacial score (nSPS) is 11.9. The van der Waals surface area contributed by atoms with Gasteiger partial charge in [-0.25, -0.2) is 4.99 Å². The van der Waals surface area contributed by atoms with Crippen LogP contribution >= 0.6 is 24.0 Å². The van der Waals surface area contributed by atoms with Gasteiger partial charge in [-0.2, -0.15) is 8.78 Å². The van der Waals surface area contributed by atoms with Crippen molar-refractivity contribution in [3.63, 3.8) is 0 Å². The maximum Gasteiger partial charge on any atom is 0.387 e. The van der Waals surface area contributed by atoms with Crippen molar-refractivity contribution in [1.82, 2.24) is 10.6 Å². The van der Waals surface area contributed by atoms with E-state index in [1.54, 1.807) is 18.2 Å². The van der Waals surface area contributed by atoms with Gasteiger partial charge in [-0.15, -0.1) is 24.0 Å². The van der Waals surface area contributed by atoms with Crippen molar-refractivity contribution in [3.8, 4) is 5.75 Å². The molecular weight excluding hydrogens is 479 g/mol. The van der Waals surface area contributed by atoms with Gasteiger partial charge in [0.15, 0.2) is 5.96 Å². The Balaban J connectivity index is 0.00000729. The lowest BCUT2D eigenvalue weighted by atomic mass is 9.79. The summed E-state index contributed by atoms with van der Waals surface area (Å²) in [6, 6.07) is 5.09. The second-order valence-electron chi connectivity index (χ2n) is 6.72. The van der Waals surface area contributed by atoms with Gasteiger partial charge in [-0.05, 0) is 44.6 Å². The number of aliphatic imine (C=N–C) groups is 1. The molecule has 1 rings (SSSR count). The molecule has 0 aliphatic heterocycles. The van der Waals surface area contributed by atoms with E-state index in [0.29, 0.717) is 24.6 Å². The van der Waals surface area contributed by atoms with Crippen LogP contribution in [0.15, 0.2) is 23.2 Å². The summed E-state index contributed by atoms with van der Waals surface area (Å²) in [6.07, 6.45) is 2.61. The number of aryl methyl sites for hydroxylation is 1. The van der Waals surface area contributed by atoms with E-state index >= 15 is 0 Å². The van der Waals surface area contributed by atoms with Crippen molar-refractivity contribution in [2.75, 3.05) is 19.7 Å². The van der Waals surface area contributed by atoms with Gasteiger partial charge in [0.05, 0.1) is 6.54 Å². The number of aliphatic hydroxyl groups is 1. The van der Waals surface area contributed by atoms with E-state index in [0.717, 1.165) is 24.8 Å². The quantitative estimate of drug-likeness (QED) is 0.232. The Kier molecular flexibility index (Phi) is 13.3. The fourth-order valence-corrected chi connectivity index (χ4v) is 3.00. The molecule has 0 heterocycles. The van der Waals surface area contributed by atoms with Crippen LogP contribution in [0.25, 0.3) is 0 Å². The van der Waals surface area contributed by atoms with Crippen LogP contribution in [0.3, 0.4) is 0 Å². The van der Waals surface area contributed by atoms with Gasteiger partial charge in [0.25, 0.3) is 0 Å². The van der Waals surface area contributed by atoms with Crippen LogP contribution < -0.4 is 15.4 Å². The van der Waals surface area contributed by atoms with Crippen LogP contribution in [-0.4, -0.2) is 37.4 Å². The molecule has 0 fully saturated rings. The van der Waals surface area contributed by atoms with E-state index in [4.69, 9.17) is 0 Å². The first kappa shape index (κ1) is 26.8. The number of alkyl halides is 2. The Labute approximate surface area is 184 Å². The minimum absolute atomic E-state index is 0.